The van der Waals surface area contributed by atoms with Crippen LogP contribution in [-0.4, -0.2) is 53.6 Å². The Hall–Kier alpha value is -3.00. The van der Waals surface area contributed by atoms with Crippen molar-refractivity contribution in [3.8, 4) is 17.1 Å². The topological polar surface area (TPSA) is 82.1 Å². The molecule has 0 aliphatic carbocycles. The predicted molar refractivity (Wildman–Crippen MR) is 122 cm³/mol. The summed E-state index contributed by atoms with van der Waals surface area (Å²) in [6.07, 6.45) is 7.09. The molecule has 31 heavy (non-hydrogen) atoms. The van der Waals surface area contributed by atoms with Crippen LogP contribution >= 0.6 is 0 Å². The Morgan fingerprint density at radius 3 is 2.65 bits per heavy atom. The van der Waals surface area contributed by atoms with Gasteiger partial charge in [-0.25, -0.2) is 9.97 Å². The lowest BCUT2D eigenvalue weighted by molar-refractivity contribution is 0.0530. The molecule has 0 saturated carbocycles. The van der Waals surface area contributed by atoms with Crippen LogP contribution in [0.5, 0.6) is 5.88 Å². The molecule has 0 atom stereocenters. The Morgan fingerprint density at radius 1 is 1.10 bits per heavy atom. The van der Waals surface area contributed by atoms with E-state index in [9.17, 15) is 0 Å². The van der Waals surface area contributed by atoms with Crippen molar-refractivity contribution in [3.05, 3.63) is 54.6 Å². The number of hydrogen-bond acceptors (Lipinski definition) is 7. The van der Waals surface area contributed by atoms with Crippen LogP contribution in [-0.2, 0) is 10.2 Å². The minimum Gasteiger partial charge on any atom is -0.477 e. The van der Waals surface area contributed by atoms with Crippen molar-refractivity contribution in [2.45, 2.75) is 32.0 Å². The molecule has 0 amide bonds. The van der Waals surface area contributed by atoms with Gasteiger partial charge in [-0.15, -0.1) is 0 Å². The van der Waals surface area contributed by atoms with Crippen LogP contribution in [0.4, 0.5) is 5.69 Å². The third-order valence-corrected chi connectivity index (χ3v) is 5.64. The van der Waals surface area contributed by atoms with Crippen molar-refractivity contribution in [1.82, 2.24) is 19.9 Å². The molecule has 7 nitrogen and oxygen atoms in total. The molecule has 1 aliphatic rings. The van der Waals surface area contributed by atoms with E-state index >= 15 is 0 Å². The first-order chi connectivity index (χ1) is 15.2. The van der Waals surface area contributed by atoms with Crippen molar-refractivity contribution >= 4 is 18.7 Å². The number of benzene rings is 1. The predicted octanol–water partition coefficient (Wildman–Crippen LogP) is 2.87. The molecule has 4 rings (SSSR count). The van der Waals surface area contributed by atoms with E-state index in [0.29, 0.717) is 12.5 Å². The third kappa shape index (κ3) is 5.02. The standard InChI is InChI=1S/C23H27BN5O2/c1-3-31-21-15-25-14-19(28-21)17-4-6-18(7-5-17)27-16-23(9-12-30-13-10-23)20-8-11-26-22(24-2)29-20/h4-8,11,14-15,27H,3,9-10,12-13,16H2,1-2H3. The average molecular weight is 416 g/mol. The van der Waals surface area contributed by atoms with Crippen molar-refractivity contribution in [2.24, 2.45) is 0 Å². The number of nitrogens with one attached hydrogen (secondary N) is 1. The van der Waals surface area contributed by atoms with E-state index in [1.165, 1.54) is 0 Å². The summed E-state index contributed by atoms with van der Waals surface area (Å²) in [5.41, 5.74) is 4.62. The zero-order chi connectivity index (χ0) is 21.5. The maximum atomic E-state index is 5.64. The highest BCUT2D eigenvalue weighted by molar-refractivity contribution is 6.49. The normalized spacial score (nSPS) is 15.3. The summed E-state index contributed by atoms with van der Waals surface area (Å²) < 4.78 is 11.1. The first kappa shape index (κ1) is 21.2. The van der Waals surface area contributed by atoms with Gasteiger partial charge in [-0.1, -0.05) is 19.0 Å². The molecule has 1 saturated heterocycles. The Bertz CT molecular complexity index is 993. The van der Waals surface area contributed by atoms with E-state index in [1.807, 2.05) is 45.4 Å². The molecule has 1 fully saturated rings. The number of aromatic nitrogens is 4. The highest BCUT2D eigenvalue weighted by Crippen LogP contribution is 2.34. The van der Waals surface area contributed by atoms with Crippen LogP contribution in [0, 0.1) is 0 Å². The smallest absolute Gasteiger partial charge is 0.232 e. The van der Waals surface area contributed by atoms with Gasteiger partial charge in [0.25, 0.3) is 0 Å². The molecule has 3 heterocycles. The number of rotatable bonds is 8. The lowest BCUT2D eigenvalue weighted by Gasteiger charge is -2.37. The van der Waals surface area contributed by atoms with Gasteiger partial charge in [-0.2, -0.15) is 0 Å². The van der Waals surface area contributed by atoms with Crippen LogP contribution in [0.2, 0.25) is 6.82 Å². The monoisotopic (exact) mass is 416 g/mol. The minimum absolute atomic E-state index is 0.0745. The van der Waals surface area contributed by atoms with Crippen molar-refractivity contribution in [1.29, 1.82) is 0 Å². The minimum atomic E-state index is -0.0745. The van der Waals surface area contributed by atoms with Crippen LogP contribution < -0.4 is 15.8 Å². The molecular weight excluding hydrogens is 389 g/mol. The lowest BCUT2D eigenvalue weighted by Crippen LogP contribution is -2.42. The van der Waals surface area contributed by atoms with Crippen LogP contribution in [0.3, 0.4) is 0 Å². The molecule has 8 heteroatoms. The second-order valence-corrected chi connectivity index (χ2v) is 7.59. The Morgan fingerprint density at radius 2 is 1.90 bits per heavy atom. The third-order valence-electron chi connectivity index (χ3n) is 5.64. The van der Waals surface area contributed by atoms with E-state index in [1.54, 1.807) is 12.4 Å². The van der Waals surface area contributed by atoms with E-state index in [0.717, 1.165) is 61.0 Å². The Balaban J connectivity index is 1.49. The van der Waals surface area contributed by atoms with Gasteiger partial charge >= 0.3 is 0 Å². The summed E-state index contributed by atoms with van der Waals surface area (Å²) >= 11 is 0. The molecule has 0 bridgehead atoms. The van der Waals surface area contributed by atoms with Crippen molar-refractivity contribution in [3.63, 3.8) is 0 Å². The fraction of sp³-hybridized carbons (Fsp3) is 0.391. The number of ether oxygens (including phenoxy) is 2. The first-order valence-electron chi connectivity index (χ1n) is 10.7. The SMILES string of the molecule is C[B]c1nccc(C2(CNc3ccc(-c4cncc(OCC)n4)cc3)CCOCC2)n1. The van der Waals surface area contributed by atoms with Gasteiger partial charge in [-0.3, -0.25) is 9.97 Å². The second kappa shape index (κ2) is 9.87. The number of anilines is 1. The molecule has 2 aromatic heterocycles. The van der Waals surface area contributed by atoms with Crippen molar-refractivity contribution < 1.29 is 9.47 Å². The van der Waals surface area contributed by atoms with Crippen LogP contribution in [0.15, 0.2) is 48.9 Å². The van der Waals surface area contributed by atoms with Gasteiger partial charge in [0.1, 0.15) is 0 Å². The molecular formula is C23H27BN5O2. The molecule has 159 valence electrons. The van der Waals surface area contributed by atoms with E-state index in [-0.39, 0.29) is 5.41 Å². The summed E-state index contributed by atoms with van der Waals surface area (Å²) in [5, 5.41) is 3.61. The molecule has 0 spiro atoms. The molecule has 3 aromatic rings. The summed E-state index contributed by atoms with van der Waals surface area (Å²) in [6.45, 7) is 6.73. The van der Waals surface area contributed by atoms with E-state index in [2.05, 4.69) is 32.4 Å². The lowest BCUT2D eigenvalue weighted by atomic mass is 9.75. The first-order valence-corrected chi connectivity index (χ1v) is 10.7. The van der Waals surface area contributed by atoms with Crippen molar-refractivity contribution in [2.75, 3.05) is 31.7 Å². The largest absolute Gasteiger partial charge is 0.477 e. The van der Waals surface area contributed by atoms with Gasteiger partial charge in [0, 0.05) is 42.6 Å². The van der Waals surface area contributed by atoms with E-state index in [4.69, 9.17) is 14.5 Å². The van der Waals surface area contributed by atoms with Gasteiger partial charge < -0.3 is 14.8 Å². The summed E-state index contributed by atoms with van der Waals surface area (Å²) in [7, 11) is 1.94. The van der Waals surface area contributed by atoms with Gasteiger partial charge in [0.15, 0.2) is 0 Å². The summed E-state index contributed by atoms with van der Waals surface area (Å²) in [4.78, 5) is 17.8. The van der Waals surface area contributed by atoms with Gasteiger partial charge in [0.05, 0.1) is 36.1 Å². The Kier molecular flexibility index (Phi) is 6.77. The number of nitrogens with zero attached hydrogens (tertiary/aromatic N) is 4. The maximum absolute atomic E-state index is 5.64. The highest BCUT2D eigenvalue weighted by Gasteiger charge is 2.36. The maximum Gasteiger partial charge on any atom is 0.232 e. The zero-order valence-electron chi connectivity index (χ0n) is 18.0. The average Bonchev–Trinajstić information content (AvgIpc) is 2.84. The molecule has 1 radical (unpaired) electrons. The quantitative estimate of drug-likeness (QED) is 0.566. The van der Waals surface area contributed by atoms with Gasteiger partial charge in [-0.05, 0) is 38.0 Å². The zero-order valence-corrected chi connectivity index (χ0v) is 18.0. The van der Waals surface area contributed by atoms with Crippen LogP contribution in [0.1, 0.15) is 25.5 Å². The highest BCUT2D eigenvalue weighted by atomic mass is 16.5. The Labute approximate surface area is 183 Å². The molecule has 1 aromatic carbocycles. The molecule has 0 unspecified atom stereocenters. The molecule has 1 N–H and O–H groups in total. The fourth-order valence-corrected chi connectivity index (χ4v) is 3.83. The summed E-state index contributed by atoms with van der Waals surface area (Å²) in [5.74, 6) is 0.539. The fourth-order valence-electron chi connectivity index (χ4n) is 3.83. The number of hydrogen-bond donors (Lipinski definition) is 1. The summed E-state index contributed by atoms with van der Waals surface area (Å²) in [6, 6.07) is 10.3. The van der Waals surface area contributed by atoms with Gasteiger partial charge in [0.2, 0.25) is 13.2 Å². The molecule has 1 aliphatic heterocycles. The van der Waals surface area contributed by atoms with E-state index < -0.39 is 0 Å². The second-order valence-electron chi connectivity index (χ2n) is 7.59. The van der Waals surface area contributed by atoms with Crippen LogP contribution in [0.25, 0.3) is 11.3 Å².